The molecule has 3 aromatic rings. The number of nitrogens with one attached hydrogen (secondary N) is 2. The van der Waals surface area contributed by atoms with E-state index < -0.39 is 42.0 Å². The number of halogens is 7. The van der Waals surface area contributed by atoms with Gasteiger partial charge in [-0.25, -0.2) is 19.0 Å². The highest BCUT2D eigenvalue weighted by molar-refractivity contribution is 5.37. The van der Waals surface area contributed by atoms with Gasteiger partial charge >= 0.3 is 18.4 Å². The average molecular weight is 505 g/mol. The van der Waals surface area contributed by atoms with E-state index in [4.69, 9.17) is 4.74 Å². The lowest BCUT2D eigenvalue weighted by atomic mass is 10.2. The highest BCUT2D eigenvalue weighted by Crippen LogP contribution is 2.36. The summed E-state index contributed by atoms with van der Waals surface area (Å²) in [6, 6.07) is 2.60. The normalized spacial score (nSPS) is 17.8. The predicted octanol–water partition coefficient (Wildman–Crippen LogP) is 4.80. The first kappa shape index (κ1) is 24.5. The van der Waals surface area contributed by atoms with Crippen LogP contribution in [0.4, 0.5) is 42.5 Å². The minimum absolute atomic E-state index is 0.107. The van der Waals surface area contributed by atoms with E-state index in [-0.39, 0.29) is 17.9 Å². The molecule has 1 fully saturated rings. The molecule has 2 atom stereocenters. The van der Waals surface area contributed by atoms with Gasteiger partial charge in [-0.1, -0.05) is 0 Å². The molecule has 0 saturated heterocycles. The fourth-order valence-electron chi connectivity index (χ4n) is 3.23. The van der Waals surface area contributed by atoms with Gasteiger partial charge in [-0.2, -0.15) is 31.3 Å². The van der Waals surface area contributed by atoms with Gasteiger partial charge in [-0.15, -0.1) is 5.10 Å². The molecule has 0 bridgehead atoms. The van der Waals surface area contributed by atoms with Gasteiger partial charge in [0.1, 0.15) is 30.3 Å². The number of aryl methyl sites for hydroxylation is 1. The zero-order valence-corrected chi connectivity index (χ0v) is 18.0. The number of hydrogen-bond donors (Lipinski definition) is 2. The molecule has 2 heterocycles. The Morgan fingerprint density at radius 3 is 2.57 bits per heavy atom. The highest BCUT2D eigenvalue weighted by atomic mass is 19.4. The van der Waals surface area contributed by atoms with Gasteiger partial charge in [0.2, 0.25) is 5.95 Å². The van der Waals surface area contributed by atoms with Crippen LogP contribution < -0.4 is 15.4 Å². The smallest absolute Gasteiger partial charge is 0.419 e. The van der Waals surface area contributed by atoms with Gasteiger partial charge in [0.15, 0.2) is 0 Å². The van der Waals surface area contributed by atoms with Crippen LogP contribution in [-0.4, -0.2) is 43.5 Å². The molecular formula is C20H18F7N7O. The van der Waals surface area contributed by atoms with Gasteiger partial charge in [0, 0.05) is 24.3 Å². The van der Waals surface area contributed by atoms with Crippen molar-refractivity contribution >= 4 is 11.8 Å². The van der Waals surface area contributed by atoms with Gasteiger partial charge in [0.25, 0.3) is 0 Å². The Morgan fingerprint density at radius 1 is 1.11 bits per heavy atom. The van der Waals surface area contributed by atoms with E-state index >= 15 is 0 Å². The van der Waals surface area contributed by atoms with Crippen molar-refractivity contribution in [3.63, 3.8) is 0 Å². The second kappa shape index (κ2) is 9.19. The van der Waals surface area contributed by atoms with Crippen molar-refractivity contribution in [3.8, 4) is 11.8 Å². The molecular weight excluding hydrogens is 487 g/mol. The van der Waals surface area contributed by atoms with Crippen LogP contribution in [0.2, 0.25) is 0 Å². The zero-order chi connectivity index (χ0) is 25.4. The van der Waals surface area contributed by atoms with E-state index in [1.165, 1.54) is 6.33 Å². The number of alkyl halides is 6. The van der Waals surface area contributed by atoms with Crippen molar-refractivity contribution < 1.29 is 35.5 Å². The molecule has 2 unspecified atom stereocenters. The van der Waals surface area contributed by atoms with Crippen LogP contribution in [0.5, 0.6) is 11.8 Å². The topological polar surface area (TPSA) is 89.8 Å². The van der Waals surface area contributed by atoms with Crippen molar-refractivity contribution in [2.75, 3.05) is 17.2 Å². The number of anilines is 2. The summed E-state index contributed by atoms with van der Waals surface area (Å²) >= 11 is 0. The number of nitrogens with zero attached hydrogens (tertiary/aromatic N) is 5. The minimum atomic E-state index is -5.02. The number of rotatable bonds is 8. The van der Waals surface area contributed by atoms with Crippen LogP contribution in [0.15, 0.2) is 30.6 Å². The number of hydrogen-bond acceptors (Lipinski definition) is 7. The Hall–Kier alpha value is -3.65. The summed E-state index contributed by atoms with van der Waals surface area (Å²) in [6.45, 7) is 0.746. The lowest BCUT2D eigenvalue weighted by Gasteiger charge is -2.11. The van der Waals surface area contributed by atoms with Crippen LogP contribution in [0.25, 0.3) is 0 Å². The molecule has 35 heavy (non-hydrogen) atoms. The standard InChI is InChI=1S/C20H18F7N7O/c1-10-4-16(30-9-29-10)28-7-11-5-15(11)31-17-32-18(34(33-17)8-19(22,23)24)35-12-2-3-14(21)13(6-12)20(25,26)27/h2-4,6,9,11,15H,5,7-8H2,1H3,(H,31,33)(H,28,29,30). The zero-order valence-electron chi connectivity index (χ0n) is 18.0. The third kappa shape index (κ3) is 6.48. The van der Waals surface area contributed by atoms with Crippen molar-refractivity contribution in [1.29, 1.82) is 0 Å². The maximum Gasteiger partial charge on any atom is 0.419 e. The molecule has 4 rings (SSSR count). The van der Waals surface area contributed by atoms with E-state index in [1.807, 2.05) is 6.92 Å². The molecule has 15 heteroatoms. The molecule has 1 aliphatic carbocycles. The third-order valence-electron chi connectivity index (χ3n) is 5.01. The van der Waals surface area contributed by atoms with Crippen molar-refractivity contribution in [2.24, 2.45) is 5.92 Å². The van der Waals surface area contributed by atoms with Gasteiger partial charge < -0.3 is 15.4 Å². The second-order valence-electron chi connectivity index (χ2n) is 7.90. The first-order valence-electron chi connectivity index (χ1n) is 10.2. The Balaban J connectivity index is 1.45. The van der Waals surface area contributed by atoms with E-state index in [1.54, 1.807) is 6.07 Å². The van der Waals surface area contributed by atoms with Gasteiger partial charge in [0.05, 0.1) is 5.56 Å². The SMILES string of the molecule is Cc1cc(NCC2CC2Nc2nc(Oc3ccc(F)c(C(F)(F)F)c3)n(CC(F)(F)F)n2)ncn1. The average Bonchev–Trinajstić information content (AvgIpc) is 3.38. The summed E-state index contributed by atoms with van der Waals surface area (Å²) in [7, 11) is 0. The van der Waals surface area contributed by atoms with Crippen LogP contribution in [0.1, 0.15) is 17.7 Å². The van der Waals surface area contributed by atoms with Crippen LogP contribution in [0, 0.1) is 18.7 Å². The maximum atomic E-state index is 13.5. The van der Waals surface area contributed by atoms with Crippen LogP contribution in [-0.2, 0) is 12.7 Å². The summed E-state index contributed by atoms with van der Waals surface area (Å²) in [4.78, 5) is 11.9. The highest BCUT2D eigenvalue weighted by Gasteiger charge is 2.39. The quantitative estimate of drug-likeness (QED) is 0.425. The van der Waals surface area contributed by atoms with E-state index in [0.29, 0.717) is 35.6 Å². The molecule has 0 spiro atoms. The Labute approximate surface area is 193 Å². The van der Waals surface area contributed by atoms with Crippen molar-refractivity contribution in [2.45, 2.75) is 38.3 Å². The van der Waals surface area contributed by atoms with E-state index in [0.717, 1.165) is 11.8 Å². The summed E-state index contributed by atoms with van der Waals surface area (Å²) in [6.07, 6.45) is -7.63. The lowest BCUT2D eigenvalue weighted by Crippen LogP contribution is -2.19. The molecule has 2 N–H and O–H groups in total. The molecule has 0 aliphatic heterocycles. The summed E-state index contributed by atoms with van der Waals surface area (Å²) < 4.78 is 96.8. The summed E-state index contributed by atoms with van der Waals surface area (Å²) in [5.41, 5.74) is -0.842. The second-order valence-corrected chi connectivity index (χ2v) is 7.90. The molecule has 2 aromatic heterocycles. The molecule has 1 aromatic carbocycles. The van der Waals surface area contributed by atoms with Crippen molar-refractivity contribution in [1.82, 2.24) is 24.7 Å². The number of ether oxygens (including phenoxy) is 1. The Bertz CT molecular complexity index is 1200. The van der Waals surface area contributed by atoms with Crippen LogP contribution in [0.3, 0.4) is 0 Å². The minimum Gasteiger partial charge on any atom is -0.424 e. The molecule has 1 saturated carbocycles. The molecule has 0 radical (unpaired) electrons. The first-order valence-corrected chi connectivity index (χ1v) is 10.2. The Morgan fingerprint density at radius 2 is 1.89 bits per heavy atom. The number of aromatic nitrogens is 5. The maximum absolute atomic E-state index is 13.5. The Kier molecular flexibility index (Phi) is 6.42. The monoisotopic (exact) mass is 505 g/mol. The fourth-order valence-corrected chi connectivity index (χ4v) is 3.23. The number of benzene rings is 1. The molecule has 1 aliphatic rings. The first-order chi connectivity index (χ1) is 16.4. The fraction of sp³-hybridized carbons (Fsp3) is 0.400. The van der Waals surface area contributed by atoms with E-state index in [2.05, 4.69) is 30.7 Å². The van der Waals surface area contributed by atoms with Crippen LogP contribution >= 0.6 is 0 Å². The predicted molar refractivity (Wildman–Crippen MR) is 108 cm³/mol. The molecule has 188 valence electrons. The van der Waals surface area contributed by atoms with Gasteiger partial charge in [-0.3, -0.25) is 0 Å². The van der Waals surface area contributed by atoms with Gasteiger partial charge in [-0.05, 0) is 37.5 Å². The molecule has 8 nitrogen and oxygen atoms in total. The summed E-state index contributed by atoms with van der Waals surface area (Å²) in [5, 5.41) is 9.76. The summed E-state index contributed by atoms with van der Waals surface area (Å²) in [5.74, 6) is -1.54. The molecule has 0 amide bonds. The lowest BCUT2D eigenvalue weighted by molar-refractivity contribution is -0.143. The van der Waals surface area contributed by atoms with Crippen molar-refractivity contribution in [3.05, 3.63) is 47.7 Å². The largest absolute Gasteiger partial charge is 0.424 e. The van der Waals surface area contributed by atoms with E-state index in [9.17, 15) is 30.7 Å². The third-order valence-corrected chi connectivity index (χ3v) is 5.01.